The molecule has 19 heavy (non-hydrogen) atoms. The summed E-state index contributed by atoms with van der Waals surface area (Å²) in [4.78, 5) is 27.8. The average Bonchev–Trinajstić information content (AvgIpc) is 2.83. The molecule has 104 valence electrons. The van der Waals surface area contributed by atoms with Gasteiger partial charge in [-0.15, -0.1) is 11.3 Å². The van der Waals surface area contributed by atoms with Crippen LogP contribution in [0.3, 0.4) is 0 Å². The molecule has 1 saturated heterocycles. The summed E-state index contributed by atoms with van der Waals surface area (Å²) in [6, 6.07) is 1.38. The number of piperazine rings is 1. The van der Waals surface area contributed by atoms with Crippen molar-refractivity contribution in [3.63, 3.8) is 0 Å². The lowest BCUT2D eigenvalue weighted by Crippen LogP contribution is -2.59. The van der Waals surface area contributed by atoms with Gasteiger partial charge in [-0.1, -0.05) is 0 Å². The molecule has 2 heterocycles. The second-order valence-electron chi connectivity index (χ2n) is 4.59. The van der Waals surface area contributed by atoms with Crippen LogP contribution in [-0.4, -0.2) is 61.4 Å². The molecule has 1 atom stereocenters. The number of carbonyl (C=O) groups is 2. The highest BCUT2D eigenvalue weighted by molar-refractivity contribution is 9.11. The second kappa shape index (κ2) is 6.02. The zero-order chi connectivity index (χ0) is 14.0. The molecule has 7 heteroatoms. The number of amides is 2. The molecule has 5 nitrogen and oxygen atoms in total. The number of hydrogen-bond donors (Lipinski definition) is 1. The molecule has 1 unspecified atom stereocenters. The van der Waals surface area contributed by atoms with E-state index in [1.807, 2.05) is 5.38 Å². The first-order valence-electron chi connectivity index (χ1n) is 5.97. The number of nitrogens with zero attached hydrogens (tertiary/aromatic N) is 2. The maximum absolute atomic E-state index is 12.5. The van der Waals surface area contributed by atoms with Crippen molar-refractivity contribution in [2.24, 2.45) is 0 Å². The number of hydrogen-bond acceptors (Lipinski definition) is 4. The average molecular weight is 346 g/mol. The van der Waals surface area contributed by atoms with Gasteiger partial charge in [0.25, 0.3) is 5.91 Å². The normalized spacial score (nSPS) is 19.3. The SMILES string of the molecule is CN(C)C(=O)C1CNCCN1C(=O)c1csc(Br)c1. The number of carbonyl (C=O) groups excluding carboxylic acids is 2. The van der Waals surface area contributed by atoms with Crippen LogP contribution in [-0.2, 0) is 4.79 Å². The van der Waals surface area contributed by atoms with E-state index in [0.717, 1.165) is 3.79 Å². The van der Waals surface area contributed by atoms with Crippen LogP contribution in [0, 0.1) is 0 Å². The molecule has 0 bridgehead atoms. The predicted molar refractivity (Wildman–Crippen MR) is 78.4 cm³/mol. The molecule has 1 aliphatic heterocycles. The Morgan fingerprint density at radius 1 is 1.53 bits per heavy atom. The monoisotopic (exact) mass is 345 g/mol. The molecular formula is C12H16BrN3O2S. The highest BCUT2D eigenvalue weighted by atomic mass is 79.9. The van der Waals surface area contributed by atoms with Crippen molar-refractivity contribution in [2.75, 3.05) is 33.7 Å². The number of thiophene rings is 1. The van der Waals surface area contributed by atoms with Gasteiger partial charge in [0.2, 0.25) is 5.91 Å². The van der Waals surface area contributed by atoms with Crippen LogP contribution < -0.4 is 5.32 Å². The van der Waals surface area contributed by atoms with E-state index in [1.54, 1.807) is 25.1 Å². The number of halogens is 1. The van der Waals surface area contributed by atoms with E-state index in [0.29, 0.717) is 25.2 Å². The van der Waals surface area contributed by atoms with E-state index in [1.165, 1.54) is 16.2 Å². The summed E-state index contributed by atoms with van der Waals surface area (Å²) < 4.78 is 0.918. The predicted octanol–water partition coefficient (Wildman–Crippen LogP) is 1.01. The summed E-state index contributed by atoms with van der Waals surface area (Å²) in [5.74, 6) is -0.126. The Morgan fingerprint density at radius 3 is 2.84 bits per heavy atom. The summed E-state index contributed by atoms with van der Waals surface area (Å²) in [6.07, 6.45) is 0. The van der Waals surface area contributed by atoms with E-state index in [9.17, 15) is 9.59 Å². The molecule has 0 radical (unpaired) electrons. The summed E-state index contributed by atoms with van der Waals surface area (Å²) in [7, 11) is 3.42. The van der Waals surface area contributed by atoms with E-state index in [-0.39, 0.29) is 11.8 Å². The molecule has 1 N–H and O–H groups in total. The maximum Gasteiger partial charge on any atom is 0.255 e. The fourth-order valence-corrected chi connectivity index (χ4v) is 3.18. The van der Waals surface area contributed by atoms with Gasteiger partial charge >= 0.3 is 0 Å². The van der Waals surface area contributed by atoms with Crippen LogP contribution in [0.2, 0.25) is 0 Å². The fourth-order valence-electron chi connectivity index (χ4n) is 2.05. The van der Waals surface area contributed by atoms with Gasteiger partial charge in [-0.3, -0.25) is 9.59 Å². The smallest absolute Gasteiger partial charge is 0.255 e. The Bertz CT molecular complexity index is 489. The molecule has 0 aromatic carbocycles. The molecule has 2 rings (SSSR count). The zero-order valence-corrected chi connectivity index (χ0v) is 13.3. The minimum Gasteiger partial charge on any atom is -0.347 e. The lowest BCUT2D eigenvalue weighted by molar-refractivity contribution is -0.134. The number of likely N-dealkylation sites (N-methyl/N-ethyl adjacent to an activating group) is 1. The maximum atomic E-state index is 12.5. The molecular weight excluding hydrogens is 330 g/mol. The van der Waals surface area contributed by atoms with E-state index < -0.39 is 6.04 Å². The lowest BCUT2D eigenvalue weighted by Gasteiger charge is -2.36. The largest absolute Gasteiger partial charge is 0.347 e. The third-order valence-electron chi connectivity index (χ3n) is 3.04. The molecule has 1 aromatic heterocycles. The molecule has 1 aromatic rings. The van der Waals surface area contributed by atoms with Crippen LogP contribution in [0.15, 0.2) is 15.2 Å². The summed E-state index contributed by atoms with van der Waals surface area (Å²) in [5, 5.41) is 4.98. The Morgan fingerprint density at radius 2 is 2.26 bits per heavy atom. The topological polar surface area (TPSA) is 52.7 Å². The molecule has 0 spiro atoms. The molecule has 2 amide bonds. The van der Waals surface area contributed by atoms with Crippen molar-refractivity contribution in [3.8, 4) is 0 Å². The highest BCUT2D eigenvalue weighted by Gasteiger charge is 2.33. The van der Waals surface area contributed by atoms with Crippen molar-refractivity contribution >= 4 is 39.1 Å². The summed E-state index contributed by atoms with van der Waals surface area (Å²) in [5.41, 5.74) is 0.635. The lowest BCUT2D eigenvalue weighted by atomic mass is 10.1. The van der Waals surface area contributed by atoms with Crippen LogP contribution in [0.1, 0.15) is 10.4 Å². The van der Waals surface area contributed by atoms with Gasteiger partial charge in [-0.2, -0.15) is 0 Å². The van der Waals surface area contributed by atoms with Crippen molar-refractivity contribution < 1.29 is 9.59 Å². The third kappa shape index (κ3) is 3.16. The van der Waals surface area contributed by atoms with Crippen LogP contribution in [0.4, 0.5) is 0 Å². The first-order chi connectivity index (χ1) is 9.00. The first kappa shape index (κ1) is 14.5. The number of rotatable bonds is 2. The van der Waals surface area contributed by atoms with Crippen LogP contribution in [0.25, 0.3) is 0 Å². The number of nitrogens with one attached hydrogen (secondary N) is 1. The van der Waals surface area contributed by atoms with Gasteiger partial charge in [0.1, 0.15) is 6.04 Å². The Labute approximate surface area is 124 Å². The second-order valence-corrected chi connectivity index (χ2v) is 6.88. The van der Waals surface area contributed by atoms with Gasteiger partial charge in [-0.25, -0.2) is 0 Å². The molecule has 0 saturated carbocycles. The van der Waals surface area contributed by atoms with E-state index >= 15 is 0 Å². The summed E-state index contributed by atoms with van der Waals surface area (Å²) >= 11 is 4.82. The van der Waals surface area contributed by atoms with Crippen molar-refractivity contribution in [1.82, 2.24) is 15.1 Å². The van der Waals surface area contributed by atoms with E-state index in [2.05, 4.69) is 21.2 Å². The van der Waals surface area contributed by atoms with Gasteiger partial charge in [0, 0.05) is 39.1 Å². The Balaban J connectivity index is 2.20. The van der Waals surface area contributed by atoms with Crippen LogP contribution >= 0.6 is 27.3 Å². The van der Waals surface area contributed by atoms with Crippen LogP contribution in [0.5, 0.6) is 0 Å². The third-order valence-corrected chi connectivity index (χ3v) is 4.55. The quantitative estimate of drug-likeness (QED) is 0.870. The van der Waals surface area contributed by atoms with Gasteiger partial charge in [-0.05, 0) is 22.0 Å². The Hall–Kier alpha value is -0.920. The summed E-state index contributed by atoms with van der Waals surface area (Å²) in [6.45, 7) is 1.78. The van der Waals surface area contributed by atoms with Gasteiger partial charge in [0.05, 0.1) is 9.35 Å². The van der Waals surface area contributed by atoms with Gasteiger partial charge in [0.15, 0.2) is 0 Å². The minimum absolute atomic E-state index is 0.0464. The Kier molecular flexibility index (Phi) is 4.59. The fraction of sp³-hybridized carbons (Fsp3) is 0.500. The van der Waals surface area contributed by atoms with Crippen molar-refractivity contribution in [3.05, 3.63) is 20.8 Å². The van der Waals surface area contributed by atoms with Crippen molar-refractivity contribution in [2.45, 2.75) is 6.04 Å². The molecule has 1 fully saturated rings. The van der Waals surface area contributed by atoms with Crippen molar-refractivity contribution in [1.29, 1.82) is 0 Å². The molecule has 0 aliphatic carbocycles. The minimum atomic E-state index is -0.421. The standard InChI is InChI=1S/C12H16BrN3O2S/c1-15(2)12(18)9-6-14-3-4-16(9)11(17)8-5-10(13)19-7-8/h5,7,9,14H,3-4,6H2,1-2H3. The highest BCUT2D eigenvalue weighted by Crippen LogP contribution is 2.23. The first-order valence-corrected chi connectivity index (χ1v) is 7.65. The van der Waals surface area contributed by atoms with Gasteiger partial charge < -0.3 is 15.1 Å². The zero-order valence-electron chi connectivity index (χ0n) is 10.9. The molecule has 1 aliphatic rings. The van der Waals surface area contributed by atoms with E-state index in [4.69, 9.17) is 0 Å².